The van der Waals surface area contributed by atoms with Crippen LogP contribution in [0.1, 0.15) is 6.92 Å². The van der Waals surface area contributed by atoms with E-state index in [1.807, 2.05) is 71.5 Å². The lowest BCUT2D eigenvalue weighted by Crippen LogP contribution is -2.14. The van der Waals surface area contributed by atoms with Gasteiger partial charge in [-0.3, -0.25) is 9.36 Å². The van der Waals surface area contributed by atoms with Gasteiger partial charge in [-0.25, -0.2) is 4.98 Å². The molecular formula is C23H18BrN5O2S2. The Hall–Kier alpha value is -2.95. The van der Waals surface area contributed by atoms with E-state index in [4.69, 9.17) is 4.42 Å². The van der Waals surface area contributed by atoms with Crippen LogP contribution in [0.2, 0.25) is 0 Å². The van der Waals surface area contributed by atoms with Crippen molar-refractivity contribution >= 4 is 61.0 Å². The summed E-state index contributed by atoms with van der Waals surface area (Å²) >= 11 is 6.22. The maximum absolute atomic E-state index is 12.5. The molecule has 1 N–H and O–H groups in total. The number of anilines is 1. The number of thioether (sulfide) groups is 1. The Labute approximate surface area is 206 Å². The molecule has 0 aliphatic carbocycles. The van der Waals surface area contributed by atoms with Crippen LogP contribution >= 0.6 is 39.0 Å². The zero-order chi connectivity index (χ0) is 22.8. The number of amides is 1. The van der Waals surface area contributed by atoms with E-state index < -0.39 is 0 Å². The number of nitrogens with one attached hydrogen (secondary N) is 1. The molecule has 3 heterocycles. The van der Waals surface area contributed by atoms with Crippen LogP contribution in [0.25, 0.3) is 33.8 Å². The van der Waals surface area contributed by atoms with Gasteiger partial charge in [0.05, 0.1) is 11.4 Å². The standard InChI is InChI=1S/C23H18BrN5O2S2/c1-2-29-21(19-11-15-10-16(24)8-9-18(15)31-19)27-28-23(29)33-13-20(30)26-22-25-17(12-32-22)14-6-4-3-5-7-14/h3-12H,2,13H2,1H3,(H,25,26,30). The molecule has 33 heavy (non-hydrogen) atoms. The second-order valence-electron chi connectivity index (χ2n) is 7.08. The fourth-order valence-electron chi connectivity index (χ4n) is 3.35. The SMILES string of the molecule is CCn1c(SCC(=O)Nc2nc(-c3ccccc3)cs2)nnc1-c1cc2cc(Br)ccc2o1. The molecule has 0 saturated carbocycles. The smallest absolute Gasteiger partial charge is 0.236 e. The van der Waals surface area contributed by atoms with E-state index in [0.29, 0.717) is 28.4 Å². The summed E-state index contributed by atoms with van der Waals surface area (Å²) in [6.45, 7) is 2.66. The number of fused-ring (bicyclic) bond motifs is 1. The van der Waals surface area contributed by atoms with Gasteiger partial charge in [-0.15, -0.1) is 21.5 Å². The van der Waals surface area contributed by atoms with Crippen LogP contribution in [0.3, 0.4) is 0 Å². The average Bonchev–Trinajstić information content (AvgIpc) is 3.55. The van der Waals surface area contributed by atoms with Crippen LogP contribution in [-0.2, 0) is 11.3 Å². The molecule has 7 nitrogen and oxygen atoms in total. The molecule has 0 aliphatic rings. The lowest BCUT2D eigenvalue weighted by Gasteiger charge is -2.05. The third-order valence-corrected chi connectivity index (χ3v) is 7.10. The fourth-order valence-corrected chi connectivity index (χ4v) is 5.26. The average molecular weight is 540 g/mol. The summed E-state index contributed by atoms with van der Waals surface area (Å²) in [6.07, 6.45) is 0. The normalized spacial score (nSPS) is 11.2. The van der Waals surface area contributed by atoms with Gasteiger partial charge in [-0.2, -0.15) is 0 Å². The molecule has 3 aromatic heterocycles. The van der Waals surface area contributed by atoms with Gasteiger partial charge in [-0.1, -0.05) is 58.0 Å². The molecule has 166 valence electrons. The van der Waals surface area contributed by atoms with E-state index in [9.17, 15) is 4.79 Å². The van der Waals surface area contributed by atoms with Crippen molar-refractivity contribution in [1.29, 1.82) is 0 Å². The number of hydrogen-bond donors (Lipinski definition) is 1. The largest absolute Gasteiger partial charge is 0.453 e. The van der Waals surface area contributed by atoms with Crippen molar-refractivity contribution in [2.24, 2.45) is 0 Å². The summed E-state index contributed by atoms with van der Waals surface area (Å²) in [7, 11) is 0. The predicted molar refractivity (Wildman–Crippen MR) is 136 cm³/mol. The van der Waals surface area contributed by atoms with E-state index in [2.05, 4.69) is 36.4 Å². The van der Waals surface area contributed by atoms with Crippen molar-refractivity contribution in [3.8, 4) is 22.8 Å². The maximum atomic E-state index is 12.5. The Kier molecular flexibility index (Phi) is 6.30. The van der Waals surface area contributed by atoms with Crippen LogP contribution in [0, 0.1) is 0 Å². The number of halogens is 1. The summed E-state index contributed by atoms with van der Waals surface area (Å²) < 4.78 is 8.90. The second-order valence-corrected chi connectivity index (χ2v) is 9.80. The minimum Gasteiger partial charge on any atom is -0.453 e. The number of rotatable bonds is 7. The van der Waals surface area contributed by atoms with Gasteiger partial charge in [0, 0.05) is 27.3 Å². The van der Waals surface area contributed by atoms with Gasteiger partial charge in [0.25, 0.3) is 0 Å². The van der Waals surface area contributed by atoms with Crippen LogP contribution in [-0.4, -0.2) is 31.4 Å². The molecule has 5 rings (SSSR count). The Morgan fingerprint density at radius 3 is 2.85 bits per heavy atom. The van der Waals surface area contributed by atoms with E-state index in [-0.39, 0.29) is 11.7 Å². The van der Waals surface area contributed by atoms with E-state index in [1.54, 1.807) is 0 Å². The first-order valence-corrected chi connectivity index (χ1v) is 12.8. The number of carbonyl (C=O) groups is 1. The Bertz CT molecular complexity index is 1430. The van der Waals surface area contributed by atoms with Gasteiger partial charge in [0.15, 0.2) is 16.0 Å². The van der Waals surface area contributed by atoms with Crippen LogP contribution < -0.4 is 5.32 Å². The molecule has 2 aromatic carbocycles. The molecule has 1 amide bonds. The van der Waals surface area contributed by atoms with Gasteiger partial charge in [0.2, 0.25) is 11.7 Å². The molecule has 0 radical (unpaired) electrons. The van der Waals surface area contributed by atoms with Crippen molar-refractivity contribution in [2.45, 2.75) is 18.6 Å². The summed E-state index contributed by atoms with van der Waals surface area (Å²) in [4.78, 5) is 17.0. The summed E-state index contributed by atoms with van der Waals surface area (Å²) in [5, 5.41) is 15.6. The lowest BCUT2D eigenvalue weighted by atomic mass is 10.2. The molecule has 0 unspecified atom stereocenters. The minimum absolute atomic E-state index is 0.144. The molecule has 0 bridgehead atoms. The first kappa shape index (κ1) is 21.9. The molecule has 0 fully saturated rings. The minimum atomic E-state index is -0.144. The van der Waals surface area contributed by atoms with E-state index in [0.717, 1.165) is 26.7 Å². The van der Waals surface area contributed by atoms with Gasteiger partial charge >= 0.3 is 0 Å². The van der Waals surface area contributed by atoms with Crippen molar-refractivity contribution in [2.75, 3.05) is 11.1 Å². The number of thiazole rings is 1. The third kappa shape index (κ3) is 4.73. The Balaban J connectivity index is 1.27. The third-order valence-electron chi connectivity index (χ3n) is 4.88. The van der Waals surface area contributed by atoms with Gasteiger partial charge in [0.1, 0.15) is 5.58 Å². The van der Waals surface area contributed by atoms with Crippen molar-refractivity contribution in [1.82, 2.24) is 19.7 Å². The molecule has 10 heteroatoms. The number of hydrogen-bond acceptors (Lipinski definition) is 7. The van der Waals surface area contributed by atoms with Crippen molar-refractivity contribution in [3.63, 3.8) is 0 Å². The summed E-state index contributed by atoms with van der Waals surface area (Å²) in [5.41, 5.74) is 2.65. The zero-order valence-corrected chi connectivity index (χ0v) is 20.7. The summed E-state index contributed by atoms with van der Waals surface area (Å²) in [6, 6.07) is 17.7. The highest BCUT2D eigenvalue weighted by atomic mass is 79.9. The van der Waals surface area contributed by atoms with Gasteiger partial charge in [-0.05, 0) is 31.2 Å². The monoisotopic (exact) mass is 539 g/mol. The van der Waals surface area contributed by atoms with Crippen molar-refractivity contribution in [3.05, 3.63) is 64.5 Å². The highest BCUT2D eigenvalue weighted by Crippen LogP contribution is 2.31. The highest BCUT2D eigenvalue weighted by Gasteiger charge is 2.18. The van der Waals surface area contributed by atoms with Crippen LogP contribution in [0.15, 0.2) is 74.0 Å². The van der Waals surface area contributed by atoms with E-state index >= 15 is 0 Å². The maximum Gasteiger partial charge on any atom is 0.236 e. The van der Waals surface area contributed by atoms with Crippen molar-refractivity contribution < 1.29 is 9.21 Å². The van der Waals surface area contributed by atoms with Crippen LogP contribution in [0.4, 0.5) is 5.13 Å². The number of nitrogens with zero attached hydrogens (tertiary/aromatic N) is 4. The molecule has 0 spiro atoms. The first-order valence-electron chi connectivity index (χ1n) is 10.2. The zero-order valence-electron chi connectivity index (χ0n) is 17.5. The number of carbonyl (C=O) groups excluding carboxylic acids is 1. The molecular weight excluding hydrogens is 522 g/mol. The topological polar surface area (TPSA) is 85.8 Å². The molecule has 0 atom stereocenters. The molecule has 0 aliphatic heterocycles. The van der Waals surface area contributed by atoms with E-state index in [1.165, 1.54) is 23.1 Å². The molecule has 0 saturated heterocycles. The number of benzene rings is 2. The highest BCUT2D eigenvalue weighted by molar-refractivity contribution is 9.10. The van der Waals surface area contributed by atoms with Gasteiger partial charge < -0.3 is 9.73 Å². The summed E-state index contributed by atoms with van der Waals surface area (Å²) in [5.74, 6) is 1.34. The van der Waals surface area contributed by atoms with Crippen LogP contribution in [0.5, 0.6) is 0 Å². The number of aromatic nitrogens is 4. The predicted octanol–water partition coefficient (Wildman–Crippen LogP) is 6.33. The first-order chi connectivity index (χ1) is 16.1. The quantitative estimate of drug-likeness (QED) is 0.243. The number of furan rings is 1. The Morgan fingerprint density at radius 2 is 2.03 bits per heavy atom. The Morgan fingerprint density at radius 1 is 1.18 bits per heavy atom. The fraction of sp³-hybridized carbons (Fsp3) is 0.130. The molecule has 5 aromatic rings. The lowest BCUT2D eigenvalue weighted by molar-refractivity contribution is -0.113. The second kappa shape index (κ2) is 9.50.